The lowest BCUT2D eigenvalue weighted by molar-refractivity contribution is -0.183. The Morgan fingerprint density at radius 2 is 1.81 bits per heavy atom. The quantitative estimate of drug-likeness (QED) is 0.930. The van der Waals surface area contributed by atoms with Crippen molar-refractivity contribution < 1.29 is 14.3 Å². The Balaban J connectivity index is 1.52. The fourth-order valence-corrected chi connectivity index (χ4v) is 3.26. The summed E-state index contributed by atoms with van der Waals surface area (Å²) < 4.78 is 11.4. The first-order chi connectivity index (χ1) is 10.2. The van der Waals surface area contributed by atoms with Crippen molar-refractivity contribution in [3.63, 3.8) is 0 Å². The second-order valence-corrected chi connectivity index (χ2v) is 6.02. The molecule has 21 heavy (non-hydrogen) atoms. The van der Waals surface area contributed by atoms with Crippen molar-refractivity contribution in [1.29, 1.82) is 0 Å². The summed E-state index contributed by atoms with van der Waals surface area (Å²) >= 11 is 0. The van der Waals surface area contributed by atoms with Crippen LogP contribution in [0.1, 0.15) is 44.2 Å². The van der Waals surface area contributed by atoms with Gasteiger partial charge < -0.3 is 14.8 Å². The number of carbonyl (C=O) groups excluding carboxylic acids is 1. The summed E-state index contributed by atoms with van der Waals surface area (Å²) in [6, 6.07) is 10.1. The van der Waals surface area contributed by atoms with Crippen molar-refractivity contribution in [3.8, 4) is 0 Å². The Labute approximate surface area is 125 Å². The van der Waals surface area contributed by atoms with Crippen LogP contribution in [0.15, 0.2) is 30.3 Å². The first kappa shape index (κ1) is 14.5. The highest BCUT2D eigenvalue weighted by Gasteiger charge is 2.41. The van der Waals surface area contributed by atoms with Gasteiger partial charge in [-0.2, -0.15) is 0 Å². The molecule has 3 rings (SSSR count). The van der Waals surface area contributed by atoms with Crippen molar-refractivity contribution in [2.75, 3.05) is 13.2 Å². The maximum atomic E-state index is 12.4. The number of carbonyl (C=O) groups is 1. The smallest absolute Gasteiger partial charge is 0.223 e. The Bertz CT molecular complexity index is 472. The highest BCUT2D eigenvalue weighted by atomic mass is 16.7. The molecular weight excluding hydrogens is 266 g/mol. The van der Waals surface area contributed by atoms with E-state index in [0.29, 0.717) is 13.2 Å². The van der Waals surface area contributed by atoms with Gasteiger partial charge >= 0.3 is 0 Å². The number of benzene rings is 1. The van der Waals surface area contributed by atoms with Crippen LogP contribution in [0.3, 0.4) is 0 Å². The van der Waals surface area contributed by atoms with E-state index < -0.39 is 0 Å². The van der Waals surface area contributed by atoms with E-state index in [9.17, 15) is 4.79 Å². The molecule has 4 nitrogen and oxygen atoms in total. The molecule has 1 aromatic rings. The van der Waals surface area contributed by atoms with Gasteiger partial charge in [0.1, 0.15) is 0 Å². The molecule has 1 unspecified atom stereocenters. The minimum atomic E-state index is -0.387. The Kier molecular flexibility index (Phi) is 4.27. The zero-order chi connectivity index (χ0) is 14.7. The van der Waals surface area contributed by atoms with Gasteiger partial charge in [-0.3, -0.25) is 4.79 Å². The molecule has 2 aliphatic rings. The lowest BCUT2D eigenvalue weighted by Crippen LogP contribution is -2.41. The van der Waals surface area contributed by atoms with Crippen molar-refractivity contribution in [1.82, 2.24) is 5.32 Å². The summed E-state index contributed by atoms with van der Waals surface area (Å²) in [6.45, 7) is 3.39. The number of amides is 1. The molecule has 1 saturated carbocycles. The minimum Gasteiger partial charge on any atom is -0.349 e. The zero-order valence-corrected chi connectivity index (χ0v) is 12.5. The molecule has 1 amide bonds. The minimum absolute atomic E-state index is 0.0496. The van der Waals surface area contributed by atoms with Gasteiger partial charge in [-0.15, -0.1) is 0 Å². The average molecular weight is 289 g/mol. The van der Waals surface area contributed by atoms with Gasteiger partial charge in [-0.05, 0) is 25.3 Å². The highest BCUT2D eigenvalue weighted by molar-refractivity contribution is 5.79. The summed E-state index contributed by atoms with van der Waals surface area (Å²) in [4.78, 5) is 12.4. The molecule has 1 atom stereocenters. The maximum absolute atomic E-state index is 12.4. The number of hydrogen-bond donors (Lipinski definition) is 1. The van der Waals surface area contributed by atoms with Crippen molar-refractivity contribution in [3.05, 3.63) is 35.9 Å². The van der Waals surface area contributed by atoms with E-state index in [-0.39, 0.29) is 23.7 Å². The Morgan fingerprint density at radius 3 is 2.43 bits per heavy atom. The molecule has 1 aliphatic heterocycles. The molecule has 0 aromatic heterocycles. The molecule has 1 saturated heterocycles. The second-order valence-electron chi connectivity index (χ2n) is 6.02. The lowest BCUT2D eigenvalue weighted by atomic mass is 9.84. The number of ether oxygens (including phenoxy) is 2. The van der Waals surface area contributed by atoms with E-state index in [1.54, 1.807) is 0 Å². The molecule has 2 fully saturated rings. The highest BCUT2D eigenvalue weighted by Crippen LogP contribution is 2.38. The number of rotatable bonds is 3. The third-order valence-electron chi connectivity index (χ3n) is 4.59. The topological polar surface area (TPSA) is 47.6 Å². The molecule has 0 radical (unpaired) electrons. The van der Waals surface area contributed by atoms with Crippen LogP contribution >= 0.6 is 0 Å². The Hall–Kier alpha value is -1.39. The van der Waals surface area contributed by atoms with E-state index in [2.05, 4.69) is 5.32 Å². The largest absolute Gasteiger partial charge is 0.349 e. The van der Waals surface area contributed by atoms with Crippen LogP contribution in [0.25, 0.3) is 0 Å². The van der Waals surface area contributed by atoms with Gasteiger partial charge in [-0.1, -0.05) is 30.3 Å². The summed E-state index contributed by atoms with van der Waals surface area (Å²) in [5.74, 6) is -0.157. The van der Waals surface area contributed by atoms with Crippen molar-refractivity contribution >= 4 is 5.91 Å². The second kappa shape index (κ2) is 6.16. The van der Waals surface area contributed by atoms with Crippen LogP contribution in [0.2, 0.25) is 0 Å². The normalized spacial score (nSPS) is 23.1. The van der Waals surface area contributed by atoms with E-state index in [4.69, 9.17) is 9.47 Å². The van der Waals surface area contributed by atoms with Crippen molar-refractivity contribution in [2.45, 2.75) is 44.4 Å². The van der Waals surface area contributed by atoms with E-state index >= 15 is 0 Å². The Morgan fingerprint density at radius 1 is 1.19 bits per heavy atom. The third kappa shape index (κ3) is 3.27. The molecule has 1 N–H and O–H groups in total. The lowest BCUT2D eigenvalue weighted by Gasteiger charge is -2.35. The predicted octanol–water partition coefficient (Wildman–Crippen LogP) is 2.80. The summed E-state index contributed by atoms with van der Waals surface area (Å²) in [6.07, 6.45) is 3.33. The summed E-state index contributed by atoms with van der Waals surface area (Å²) in [5.41, 5.74) is 1.14. The molecule has 1 aliphatic carbocycles. The number of nitrogens with one attached hydrogen (secondary N) is 1. The van der Waals surface area contributed by atoms with E-state index in [1.807, 2.05) is 37.3 Å². The molecule has 1 spiro atoms. The van der Waals surface area contributed by atoms with Crippen LogP contribution in [0.5, 0.6) is 0 Å². The first-order valence-corrected chi connectivity index (χ1v) is 7.82. The monoisotopic (exact) mass is 289 g/mol. The molecule has 1 aromatic carbocycles. The van der Waals surface area contributed by atoms with Crippen LogP contribution in [-0.2, 0) is 14.3 Å². The third-order valence-corrected chi connectivity index (χ3v) is 4.59. The van der Waals surface area contributed by atoms with Crippen LogP contribution in [0.4, 0.5) is 0 Å². The van der Waals surface area contributed by atoms with E-state index in [0.717, 1.165) is 31.2 Å². The summed E-state index contributed by atoms with van der Waals surface area (Å²) in [5, 5.41) is 3.12. The SMILES string of the molecule is CC(NC(=O)C1CCC2(CC1)OCCO2)c1ccccc1. The molecule has 1 heterocycles. The first-order valence-electron chi connectivity index (χ1n) is 7.82. The van der Waals surface area contributed by atoms with Crippen LogP contribution in [-0.4, -0.2) is 24.9 Å². The van der Waals surface area contributed by atoms with Gasteiger partial charge in [0.05, 0.1) is 19.3 Å². The van der Waals surface area contributed by atoms with Crippen molar-refractivity contribution in [2.24, 2.45) is 5.92 Å². The standard InChI is InChI=1S/C17H23NO3/c1-13(14-5-3-2-4-6-14)18-16(19)15-7-9-17(10-8-15)20-11-12-21-17/h2-6,13,15H,7-12H2,1H3,(H,18,19). The van der Waals surface area contributed by atoms with Gasteiger partial charge in [0.15, 0.2) is 5.79 Å². The molecule has 4 heteroatoms. The fourth-order valence-electron chi connectivity index (χ4n) is 3.26. The molecule has 114 valence electrons. The van der Waals surface area contributed by atoms with Gasteiger partial charge in [-0.25, -0.2) is 0 Å². The molecule has 0 bridgehead atoms. The van der Waals surface area contributed by atoms with Crippen LogP contribution < -0.4 is 5.32 Å². The fraction of sp³-hybridized carbons (Fsp3) is 0.588. The molecular formula is C17H23NO3. The average Bonchev–Trinajstić information content (AvgIpc) is 2.97. The van der Waals surface area contributed by atoms with Gasteiger partial charge in [0, 0.05) is 18.8 Å². The maximum Gasteiger partial charge on any atom is 0.223 e. The van der Waals surface area contributed by atoms with E-state index in [1.165, 1.54) is 0 Å². The number of hydrogen-bond acceptors (Lipinski definition) is 3. The van der Waals surface area contributed by atoms with Gasteiger partial charge in [0.25, 0.3) is 0 Å². The van der Waals surface area contributed by atoms with Gasteiger partial charge in [0.2, 0.25) is 5.91 Å². The van der Waals surface area contributed by atoms with Crippen LogP contribution in [0, 0.1) is 5.92 Å². The predicted molar refractivity (Wildman–Crippen MR) is 79.6 cm³/mol. The zero-order valence-electron chi connectivity index (χ0n) is 12.5. The summed E-state index contributed by atoms with van der Waals surface area (Å²) in [7, 11) is 0.